The van der Waals surface area contributed by atoms with Crippen LogP contribution in [0.4, 0.5) is 0 Å². The minimum atomic E-state index is -1.05. The van der Waals surface area contributed by atoms with Crippen LogP contribution in [-0.2, 0) is 9.59 Å². The fourth-order valence-corrected chi connectivity index (χ4v) is 1.06. The van der Waals surface area contributed by atoms with Crippen LogP contribution in [0.3, 0.4) is 0 Å². The number of hydrogen-bond donors (Lipinski definition) is 2. The molecule has 0 fully saturated rings. The van der Waals surface area contributed by atoms with Gasteiger partial charge in [0.25, 0.3) is 0 Å². The molecule has 16 heavy (non-hydrogen) atoms. The Morgan fingerprint density at radius 3 is 2.50 bits per heavy atom. The predicted octanol–water partition coefficient (Wildman–Crippen LogP) is 1.29. The Bertz CT molecular complexity index is 398. The fourth-order valence-electron chi connectivity index (χ4n) is 1.06. The molecule has 0 bridgehead atoms. The summed E-state index contributed by atoms with van der Waals surface area (Å²) in [6.45, 7) is 1.41. The number of aliphatic carboxylic acids is 1. The van der Waals surface area contributed by atoms with E-state index in [-0.39, 0.29) is 0 Å². The standard InChI is InChI=1S/C12H13NO3/c1-9(12(15)16)13-11(14)8-7-10-5-3-2-4-6-10/h2-9H,1H3,(H,13,14)(H,15,16)/b8-7+/t9-/m0/s1. The molecular formula is C12H13NO3. The monoisotopic (exact) mass is 219 g/mol. The second kappa shape index (κ2) is 5.70. The summed E-state index contributed by atoms with van der Waals surface area (Å²) < 4.78 is 0. The van der Waals surface area contributed by atoms with Crippen molar-refractivity contribution in [1.82, 2.24) is 5.32 Å². The maximum Gasteiger partial charge on any atom is 0.325 e. The number of carboxylic acids is 1. The van der Waals surface area contributed by atoms with Crippen molar-refractivity contribution in [1.29, 1.82) is 0 Å². The summed E-state index contributed by atoms with van der Waals surface area (Å²) in [7, 11) is 0. The average molecular weight is 219 g/mol. The highest BCUT2D eigenvalue weighted by Crippen LogP contribution is 2.00. The Hall–Kier alpha value is -2.10. The van der Waals surface area contributed by atoms with Gasteiger partial charge in [0.15, 0.2) is 0 Å². The van der Waals surface area contributed by atoms with Gasteiger partial charge in [-0.1, -0.05) is 30.3 Å². The van der Waals surface area contributed by atoms with Crippen LogP contribution in [0.25, 0.3) is 6.08 Å². The highest BCUT2D eigenvalue weighted by molar-refractivity contribution is 5.94. The predicted molar refractivity (Wildman–Crippen MR) is 60.7 cm³/mol. The molecule has 1 amide bonds. The zero-order valence-corrected chi connectivity index (χ0v) is 8.88. The van der Waals surface area contributed by atoms with Gasteiger partial charge in [-0.2, -0.15) is 0 Å². The van der Waals surface area contributed by atoms with Gasteiger partial charge in [0.05, 0.1) is 0 Å². The molecule has 0 aliphatic carbocycles. The summed E-state index contributed by atoms with van der Waals surface area (Å²) in [6.07, 6.45) is 2.94. The molecule has 0 radical (unpaired) electrons. The number of rotatable bonds is 4. The summed E-state index contributed by atoms with van der Waals surface area (Å²) in [4.78, 5) is 21.7. The zero-order chi connectivity index (χ0) is 12.0. The minimum absolute atomic E-state index is 0.418. The van der Waals surface area contributed by atoms with Crippen LogP contribution in [0.2, 0.25) is 0 Å². The number of carboxylic acid groups (broad SMARTS) is 1. The van der Waals surface area contributed by atoms with Gasteiger partial charge in [-0.05, 0) is 18.6 Å². The van der Waals surface area contributed by atoms with Gasteiger partial charge in [-0.3, -0.25) is 9.59 Å². The van der Waals surface area contributed by atoms with Gasteiger partial charge in [-0.15, -0.1) is 0 Å². The number of carbonyl (C=O) groups excluding carboxylic acids is 1. The van der Waals surface area contributed by atoms with Gasteiger partial charge < -0.3 is 10.4 Å². The number of hydrogen-bond acceptors (Lipinski definition) is 2. The van der Waals surface area contributed by atoms with Gasteiger partial charge in [-0.25, -0.2) is 0 Å². The Balaban J connectivity index is 2.52. The maximum absolute atomic E-state index is 11.3. The van der Waals surface area contributed by atoms with Crippen molar-refractivity contribution in [3.05, 3.63) is 42.0 Å². The molecule has 1 aromatic rings. The molecule has 0 unspecified atom stereocenters. The molecule has 0 saturated carbocycles. The van der Waals surface area contributed by atoms with Gasteiger partial charge in [0.2, 0.25) is 5.91 Å². The van der Waals surface area contributed by atoms with Crippen molar-refractivity contribution in [2.45, 2.75) is 13.0 Å². The number of carbonyl (C=O) groups is 2. The second-order valence-corrected chi connectivity index (χ2v) is 3.31. The van der Waals surface area contributed by atoms with E-state index in [1.165, 1.54) is 13.0 Å². The first-order valence-electron chi connectivity index (χ1n) is 4.86. The first-order chi connectivity index (χ1) is 7.59. The molecule has 0 aliphatic rings. The lowest BCUT2D eigenvalue weighted by Crippen LogP contribution is -2.37. The zero-order valence-electron chi connectivity index (χ0n) is 8.88. The highest BCUT2D eigenvalue weighted by Gasteiger charge is 2.11. The van der Waals surface area contributed by atoms with E-state index in [0.29, 0.717) is 0 Å². The highest BCUT2D eigenvalue weighted by atomic mass is 16.4. The molecule has 0 aliphatic heterocycles. The first kappa shape index (κ1) is 12.0. The molecule has 84 valence electrons. The summed E-state index contributed by atoms with van der Waals surface area (Å²) in [5, 5.41) is 10.9. The molecule has 0 spiro atoms. The van der Waals surface area contributed by atoms with E-state index in [0.717, 1.165) is 5.56 Å². The van der Waals surface area contributed by atoms with Crippen LogP contribution >= 0.6 is 0 Å². The Morgan fingerprint density at radius 1 is 1.31 bits per heavy atom. The number of benzene rings is 1. The van der Waals surface area contributed by atoms with E-state index < -0.39 is 17.9 Å². The van der Waals surface area contributed by atoms with Crippen molar-refractivity contribution in [3.63, 3.8) is 0 Å². The maximum atomic E-state index is 11.3. The van der Waals surface area contributed by atoms with Gasteiger partial charge in [0.1, 0.15) is 6.04 Å². The molecule has 1 rings (SSSR count). The van der Waals surface area contributed by atoms with Crippen LogP contribution in [-0.4, -0.2) is 23.0 Å². The second-order valence-electron chi connectivity index (χ2n) is 3.31. The molecule has 0 aromatic heterocycles. The third kappa shape index (κ3) is 3.96. The van der Waals surface area contributed by atoms with E-state index in [9.17, 15) is 9.59 Å². The number of nitrogens with one attached hydrogen (secondary N) is 1. The van der Waals surface area contributed by atoms with Crippen molar-refractivity contribution in [3.8, 4) is 0 Å². The quantitative estimate of drug-likeness (QED) is 0.750. The lowest BCUT2D eigenvalue weighted by molar-refractivity contribution is -0.140. The van der Waals surface area contributed by atoms with Crippen molar-refractivity contribution in [2.75, 3.05) is 0 Å². The summed E-state index contributed by atoms with van der Waals surface area (Å²) >= 11 is 0. The summed E-state index contributed by atoms with van der Waals surface area (Å²) in [5.74, 6) is -1.47. The third-order valence-corrected chi connectivity index (χ3v) is 1.96. The SMILES string of the molecule is C[C@H](NC(=O)/C=C/c1ccccc1)C(=O)O. The Kier molecular flexibility index (Phi) is 4.27. The molecule has 4 heteroatoms. The molecule has 0 saturated heterocycles. The largest absolute Gasteiger partial charge is 0.480 e. The van der Waals surface area contributed by atoms with Crippen LogP contribution in [0.15, 0.2) is 36.4 Å². The van der Waals surface area contributed by atoms with Crippen LogP contribution < -0.4 is 5.32 Å². The van der Waals surface area contributed by atoms with Crippen LogP contribution in [0.1, 0.15) is 12.5 Å². The minimum Gasteiger partial charge on any atom is -0.480 e. The van der Waals surface area contributed by atoms with E-state index >= 15 is 0 Å². The van der Waals surface area contributed by atoms with Crippen molar-refractivity contribution >= 4 is 18.0 Å². The van der Waals surface area contributed by atoms with Crippen molar-refractivity contribution < 1.29 is 14.7 Å². The first-order valence-corrected chi connectivity index (χ1v) is 4.86. The van der Waals surface area contributed by atoms with E-state index in [2.05, 4.69) is 5.32 Å². The Labute approximate surface area is 93.6 Å². The van der Waals surface area contributed by atoms with E-state index in [1.807, 2.05) is 30.3 Å². The van der Waals surface area contributed by atoms with E-state index in [4.69, 9.17) is 5.11 Å². The number of amides is 1. The lowest BCUT2D eigenvalue weighted by atomic mass is 10.2. The molecule has 1 aromatic carbocycles. The molecular weight excluding hydrogens is 206 g/mol. The van der Waals surface area contributed by atoms with Gasteiger partial charge in [0, 0.05) is 6.08 Å². The van der Waals surface area contributed by atoms with E-state index in [1.54, 1.807) is 6.08 Å². The normalized spacial score (nSPS) is 12.3. The third-order valence-electron chi connectivity index (χ3n) is 1.96. The smallest absolute Gasteiger partial charge is 0.325 e. The van der Waals surface area contributed by atoms with Gasteiger partial charge >= 0.3 is 5.97 Å². The summed E-state index contributed by atoms with van der Waals surface area (Å²) in [5.41, 5.74) is 0.889. The topological polar surface area (TPSA) is 66.4 Å². The molecule has 2 N–H and O–H groups in total. The average Bonchev–Trinajstić information content (AvgIpc) is 2.27. The molecule has 1 atom stereocenters. The van der Waals surface area contributed by atoms with Crippen LogP contribution in [0.5, 0.6) is 0 Å². The lowest BCUT2D eigenvalue weighted by Gasteiger charge is -2.05. The fraction of sp³-hybridized carbons (Fsp3) is 0.167. The Morgan fingerprint density at radius 2 is 1.94 bits per heavy atom. The van der Waals surface area contributed by atoms with Crippen molar-refractivity contribution in [2.24, 2.45) is 0 Å². The summed E-state index contributed by atoms with van der Waals surface area (Å²) in [6, 6.07) is 8.42. The molecule has 4 nitrogen and oxygen atoms in total. The molecule has 0 heterocycles. The van der Waals surface area contributed by atoms with Crippen LogP contribution in [0, 0.1) is 0 Å².